The van der Waals surface area contributed by atoms with E-state index in [1.54, 1.807) is 26.0 Å². The molecule has 0 amide bonds. The molecule has 6 aliphatic rings. The van der Waals surface area contributed by atoms with Crippen LogP contribution >= 0.6 is 0 Å². The summed E-state index contributed by atoms with van der Waals surface area (Å²) in [5, 5.41) is 45.1. The number of nitrogens with zero attached hydrogens (tertiary/aromatic N) is 2. The molecule has 2 unspecified atom stereocenters. The number of carbonyl (C=O) groups excluding carboxylic acids is 1. The Morgan fingerprint density at radius 2 is 1.86 bits per heavy atom. The first kappa shape index (κ1) is 42.9. The Morgan fingerprint density at radius 1 is 1.11 bits per heavy atom. The maximum atomic E-state index is 14.3. The molecule has 1 aliphatic carbocycles. The van der Waals surface area contributed by atoms with Crippen molar-refractivity contribution in [2.45, 2.75) is 153 Å². The van der Waals surface area contributed by atoms with Gasteiger partial charge in [-0.15, -0.1) is 0 Å². The van der Waals surface area contributed by atoms with Crippen LogP contribution in [0.2, 0.25) is 0 Å². The zero-order valence-electron chi connectivity index (χ0n) is 34.3. The molecule has 3 N–H and O–H groups in total. The Bertz CT molecular complexity index is 1650. The van der Waals surface area contributed by atoms with Gasteiger partial charge in [-0.3, -0.25) is 4.79 Å². The third kappa shape index (κ3) is 7.75. The van der Waals surface area contributed by atoms with Gasteiger partial charge in [-0.1, -0.05) is 70.6 Å². The molecule has 3 fully saturated rings. The van der Waals surface area contributed by atoms with Gasteiger partial charge in [-0.05, 0) is 55.9 Å². The lowest BCUT2D eigenvalue weighted by atomic mass is 9.71. The smallest absolute Gasteiger partial charge is 0.316 e. The first-order valence-corrected chi connectivity index (χ1v) is 20.2. The van der Waals surface area contributed by atoms with Gasteiger partial charge in [0.15, 0.2) is 17.6 Å². The number of methoxy groups -OCH3 is 1. The number of rotatable bonds is 6. The van der Waals surface area contributed by atoms with E-state index in [1.165, 1.54) is 14.2 Å². The molecule has 0 radical (unpaired) electrons. The lowest BCUT2D eigenvalue weighted by Gasteiger charge is -2.48. The summed E-state index contributed by atoms with van der Waals surface area (Å²) in [5.41, 5.74) is -1.40. The summed E-state index contributed by atoms with van der Waals surface area (Å²) >= 11 is 0. The Labute approximate surface area is 331 Å². The van der Waals surface area contributed by atoms with Crippen molar-refractivity contribution < 1.29 is 53.4 Å². The highest BCUT2D eigenvalue weighted by Gasteiger charge is 2.60. The van der Waals surface area contributed by atoms with Gasteiger partial charge < -0.3 is 48.6 Å². The highest BCUT2D eigenvalue weighted by Crippen LogP contribution is 2.47. The number of nitriles is 1. The second kappa shape index (κ2) is 16.9. The summed E-state index contributed by atoms with van der Waals surface area (Å²) in [6.45, 7) is 13.9. The first-order chi connectivity index (χ1) is 26.5. The number of ether oxygens (including phenoxy) is 7. The zero-order chi connectivity index (χ0) is 40.7. The van der Waals surface area contributed by atoms with E-state index in [0.29, 0.717) is 24.0 Å². The molecule has 0 saturated carbocycles. The molecule has 6 rings (SSSR count). The Balaban J connectivity index is 1.39. The summed E-state index contributed by atoms with van der Waals surface area (Å²) < 4.78 is 44.8. The van der Waals surface area contributed by atoms with Crippen molar-refractivity contribution in [3.8, 4) is 6.07 Å². The van der Waals surface area contributed by atoms with Crippen molar-refractivity contribution in [3.05, 3.63) is 59.3 Å². The molecule has 16 atom stereocenters. The van der Waals surface area contributed by atoms with Gasteiger partial charge in [-0.2, -0.15) is 10.3 Å². The summed E-state index contributed by atoms with van der Waals surface area (Å²) in [5.74, 6) is -2.65. The third-order valence-corrected chi connectivity index (χ3v) is 13.2. The number of aliphatic hydroxyl groups is 2. The lowest BCUT2D eigenvalue weighted by molar-refractivity contribution is -0.300. The molecule has 13 heteroatoms. The topological polar surface area (TPSA) is 169 Å². The van der Waals surface area contributed by atoms with Crippen LogP contribution in [0.1, 0.15) is 80.6 Å². The number of hydrogen-bond donors (Lipinski definition) is 3. The quantitative estimate of drug-likeness (QED) is 0.186. The van der Waals surface area contributed by atoms with Crippen LogP contribution < -0.4 is 0 Å². The molecule has 2 bridgehead atoms. The average Bonchev–Trinajstić information content (AvgIpc) is 3.50. The van der Waals surface area contributed by atoms with Gasteiger partial charge >= 0.3 is 5.97 Å². The van der Waals surface area contributed by atoms with Gasteiger partial charge in [0.25, 0.3) is 0 Å². The van der Waals surface area contributed by atoms with Gasteiger partial charge in [0.1, 0.15) is 29.8 Å². The second-order valence-corrected chi connectivity index (χ2v) is 16.9. The average molecular weight is 783 g/mol. The van der Waals surface area contributed by atoms with Crippen molar-refractivity contribution in [1.82, 2.24) is 5.06 Å². The van der Waals surface area contributed by atoms with Gasteiger partial charge in [0, 0.05) is 45.3 Å². The van der Waals surface area contributed by atoms with Crippen LogP contribution in [-0.2, 0) is 38.0 Å². The van der Waals surface area contributed by atoms with Crippen LogP contribution in [0.3, 0.4) is 0 Å². The predicted molar refractivity (Wildman–Crippen MR) is 205 cm³/mol. The van der Waals surface area contributed by atoms with Gasteiger partial charge in [0.05, 0.1) is 43.2 Å². The number of carbonyl (C=O) groups is 1. The standard InChI is InChI=1S/C43H62N2O11/c1-10-24(2)38-27(5)16-17-41(56-38)21-32-19-31(55-41)15-14-26(4)37(54-35-20-34(50-9)42(23-44,45(8)49)29(7)52-35)25(3)12-11-13-30-22-51-39-36(46)28(6)18-33(40(47)53-32)43(30,39)48/h11-14,16-18,24-25,27,29,31-39,46,48-49H,10,15,19-22H2,1-9H3/b12-11+,26-14+,30-13+/t24?,25-,27-,29-,31+,32-,33-,34-,35-,36+,37-,38+,39?,41+,42+,43+/m0/s1. The van der Waals surface area contributed by atoms with E-state index in [9.17, 15) is 25.5 Å². The number of hydroxylamine groups is 2. The highest BCUT2D eigenvalue weighted by molar-refractivity contribution is 5.78. The van der Waals surface area contributed by atoms with Crippen molar-refractivity contribution >= 4 is 5.97 Å². The molecule has 0 aromatic rings. The van der Waals surface area contributed by atoms with Gasteiger partial charge in [-0.25, -0.2) is 0 Å². The van der Waals surface area contributed by atoms with Crippen LogP contribution in [0.15, 0.2) is 59.3 Å². The summed E-state index contributed by atoms with van der Waals surface area (Å²) in [6.07, 6.45) is 9.52. The van der Waals surface area contributed by atoms with Crippen LogP contribution in [0, 0.1) is 35.0 Å². The minimum Gasteiger partial charge on any atom is -0.462 e. The second-order valence-electron chi connectivity index (χ2n) is 16.9. The number of likely N-dealkylation sites (N-methyl/N-ethyl adjacent to an activating group) is 1. The maximum Gasteiger partial charge on any atom is 0.316 e. The fourth-order valence-corrected chi connectivity index (χ4v) is 9.61. The van der Waals surface area contributed by atoms with E-state index < -0.39 is 77.8 Å². The van der Waals surface area contributed by atoms with Crippen molar-refractivity contribution in [2.75, 3.05) is 20.8 Å². The molecule has 5 aliphatic heterocycles. The SMILES string of the molecule is CCC(C)[C@H]1O[C@]2(C=C[C@@H]1C)C[C@@H]1C[C@@H](C/C=C(\C)[C@@H](O[C@H]3C[C@H](OC)[C@](C#N)(N(C)O)[C@H](C)O3)[C@@H](C)/C=C/C=C3\COC4[C@H](O)C(C)=C[C@@H](C(=O)O1)[C@]34O)O2. The van der Waals surface area contributed by atoms with Crippen LogP contribution in [0.4, 0.5) is 0 Å². The minimum atomic E-state index is -1.85. The number of fused-ring (bicyclic) bond motifs is 2. The Hall–Kier alpha value is -2.74. The third-order valence-electron chi connectivity index (χ3n) is 13.2. The summed E-state index contributed by atoms with van der Waals surface area (Å²) in [4.78, 5) is 14.3. The zero-order valence-corrected chi connectivity index (χ0v) is 34.3. The number of hydrogen-bond acceptors (Lipinski definition) is 13. The molecule has 13 nitrogen and oxygen atoms in total. The van der Waals surface area contributed by atoms with E-state index in [4.69, 9.17) is 33.2 Å². The molecule has 0 aromatic heterocycles. The monoisotopic (exact) mass is 782 g/mol. The molecule has 3 saturated heterocycles. The fraction of sp³-hybridized carbons (Fsp3) is 0.721. The van der Waals surface area contributed by atoms with E-state index in [1.807, 2.05) is 32.1 Å². The summed E-state index contributed by atoms with van der Waals surface area (Å²) in [7, 11) is 2.92. The van der Waals surface area contributed by atoms with Crippen molar-refractivity contribution in [1.29, 1.82) is 5.26 Å². The highest BCUT2D eigenvalue weighted by atomic mass is 16.7. The minimum absolute atomic E-state index is 0.0170. The number of allylic oxidation sites excluding steroid dienone is 2. The Kier molecular flexibility index (Phi) is 12.9. The molecule has 1 spiro atoms. The van der Waals surface area contributed by atoms with E-state index in [2.05, 4.69) is 39.0 Å². The summed E-state index contributed by atoms with van der Waals surface area (Å²) in [6, 6.07) is 2.21. The van der Waals surface area contributed by atoms with Crippen molar-refractivity contribution in [2.24, 2.45) is 23.7 Å². The molecule has 56 heavy (non-hydrogen) atoms. The van der Waals surface area contributed by atoms with E-state index in [0.717, 1.165) is 17.1 Å². The van der Waals surface area contributed by atoms with Gasteiger partial charge in [0.2, 0.25) is 0 Å². The van der Waals surface area contributed by atoms with Crippen LogP contribution in [0.5, 0.6) is 0 Å². The normalized spacial score (nSPS) is 47.4. The molecule has 310 valence electrons. The number of aliphatic hydroxyl groups excluding tert-OH is 1. The first-order valence-electron chi connectivity index (χ1n) is 20.2. The number of esters is 1. The fourth-order valence-electron chi connectivity index (χ4n) is 9.61. The molecule has 5 heterocycles. The largest absolute Gasteiger partial charge is 0.462 e. The van der Waals surface area contributed by atoms with Crippen LogP contribution in [-0.4, -0.2) is 119 Å². The lowest BCUT2D eigenvalue weighted by Crippen LogP contribution is -2.65. The predicted octanol–water partition coefficient (Wildman–Crippen LogP) is 5.06. The molecular weight excluding hydrogens is 720 g/mol. The molecular formula is C43H62N2O11. The van der Waals surface area contributed by atoms with E-state index in [-0.39, 0.29) is 43.3 Å². The van der Waals surface area contributed by atoms with E-state index >= 15 is 0 Å². The van der Waals surface area contributed by atoms with Crippen LogP contribution in [0.25, 0.3) is 0 Å². The molecule has 0 aromatic carbocycles. The Morgan fingerprint density at radius 3 is 2.54 bits per heavy atom. The van der Waals surface area contributed by atoms with Crippen molar-refractivity contribution in [3.63, 3.8) is 0 Å². The maximum absolute atomic E-state index is 14.3.